The third-order valence-electron chi connectivity index (χ3n) is 2.86. The van der Waals surface area contributed by atoms with Gasteiger partial charge in [0.05, 0.1) is 26.9 Å². The largest absolute Gasteiger partial charge is 0.478 e. The Bertz CT molecular complexity index is 843. The van der Waals surface area contributed by atoms with Crippen LogP contribution in [0.3, 0.4) is 0 Å². The maximum Gasteiger partial charge on any atom is 0.335 e. The van der Waals surface area contributed by atoms with Gasteiger partial charge in [0.25, 0.3) is 5.91 Å². The smallest absolute Gasteiger partial charge is 0.335 e. The van der Waals surface area contributed by atoms with Crippen LogP contribution in [0.2, 0.25) is 15.1 Å². The van der Waals surface area contributed by atoms with Crippen molar-refractivity contribution >= 4 is 69.7 Å². The summed E-state index contributed by atoms with van der Waals surface area (Å²) in [4.78, 5) is 23.1. The normalized spacial score (nSPS) is 10.1. The molecule has 5 nitrogen and oxygen atoms in total. The van der Waals surface area contributed by atoms with E-state index < -0.39 is 11.9 Å². The van der Waals surface area contributed by atoms with Crippen molar-refractivity contribution in [2.75, 3.05) is 5.32 Å². The Hall–Kier alpha value is -1.86. The molecule has 2 aromatic rings. The minimum Gasteiger partial charge on any atom is -0.478 e. The number of rotatable bonds is 3. The molecule has 0 atom stereocenters. The van der Waals surface area contributed by atoms with Crippen LogP contribution >= 0.6 is 47.0 Å². The zero-order valence-electron chi connectivity index (χ0n) is 11.8. The summed E-state index contributed by atoms with van der Waals surface area (Å²) in [5.41, 5.74) is 0.469. The van der Waals surface area contributed by atoms with Gasteiger partial charge in [-0.25, -0.2) is 4.79 Å². The van der Waals surface area contributed by atoms with Crippen molar-refractivity contribution in [3.05, 3.63) is 62.6 Å². The molecule has 0 saturated carbocycles. The van der Waals surface area contributed by atoms with Crippen LogP contribution in [-0.4, -0.2) is 22.1 Å². The lowest BCUT2D eigenvalue weighted by atomic mass is 10.2. The number of carboxylic acids is 1. The van der Waals surface area contributed by atoms with E-state index in [-0.39, 0.29) is 32.0 Å². The van der Waals surface area contributed by atoms with E-state index in [1.165, 1.54) is 36.4 Å². The number of anilines is 1. The average Bonchev–Trinajstić information content (AvgIpc) is 2.48. The van der Waals surface area contributed by atoms with E-state index in [0.717, 1.165) is 0 Å². The second-order valence-corrected chi connectivity index (χ2v) is 6.19. The van der Waals surface area contributed by atoms with E-state index in [4.69, 9.17) is 52.1 Å². The van der Waals surface area contributed by atoms with Crippen LogP contribution in [-0.2, 0) is 0 Å². The minimum atomic E-state index is -1.11. The molecule has 0 aromatic heterocycles. The van der Waals surface area contributed by atoms with Gasteiger partial charge in [0, 0.05) is 5.02 Å². The first-order valence-corrected chi connectivity index (χ1v) is 7.92. The zero-order valence-corrected chi connectivity index (χ0v) is 14.9. The van der Waals surface area contributed by atoms with E-state index in [1.807, 2.05) is 0 Å². The number of thiocarbonyl (C=S) groups is 1. The molecule has 3 N–H and O–H groups in total. The number of nitrogens with one attached hydrogen (secondary N) is 2. The third-order valence-corrected chi connectivity index (χ3v) is 3.95. The lowest BCUT2D eigenvalue weighted by molar-refractivity contribution is 0.0696. The number of hydrogen-bond acceptors (Lipinski definition) is 3. The Labute approximate surface area is 157 Å². The molecule has 0 aliphatic heterocycles. The van der Waals surface area contributed by atoms with Gasteiger partial charge < -0.3 is 10.4 Å². The van der Waals surface area contributed by atoms with Crippen molar-refractivity contribution in [1.82, 2.24) is 5.32 Å². The van der Waals surface area contributed by atoms with E-state index in [9.17, 15) is 9.59 Å². The van der Waals surface area contributed by atoms with Gasteiger partial charge in [-0.3, -0.25) is 10.1 Å². The van der Waals surface area contributed by atoms with Gasteiger partial charge in [-0.1, -0.05) is 34.8 Å². The van der Waals surface area contributed by atoms with Gasteiger partial charge in [0.2, 0.25) is 0 Å². The van der Waals surface area contributed by atoms with E-state index >= 15 is 0 Å². The first kappa shape index (κ1) is 18.5. The number of halogens is 3. The molecule has 0 radical (unpaired) electrons. The molecule has 0 heterocycles. The summed E-state index contributed by atoms with van der Waals surface area (Å²) in [7, 11) is 0. The van der Waals surface area contributed by atoms with Crippen molar-refractivity contribution in [1.29, 1.82) is 0 Å². The Morgan fingerprint density at radius 2 is 1.71 bits per heavy atom. The van der Waals surface area contributed by atoms with Crippen molar-refractivity contribution < 1.29 is 14.7 Å². The molecule has 0 fully saturated rings. The molecular formula is C15H9Cl3N2O3S. The minimum absolute atomic E-state index is 0.0248. The van der Waals surface area contributed by atoms with Gasteiger partial charge in [-0.2, -0.15) is 0 Å². The van der Waals surface area contributed by atoms with E-state index in [0.29, 0.717) is 5.02 Å². The molecule has 2 rings (SSSR count). The number of amides is 1. The second kappa shape index (κ2) is 7.81. The van der Waals surface area contributed by atoms with Crippen LogP contribution < -0.4 is 10.6 Å². The fraction of sp³-hybridized carbons (Fsp3) is 0. The van der Waals surface area contributed by atoms with Crippen LogP contribution in [0.4, 0.5) is 5.69 Å². The Morgan fingerprint density at radius 3 is 2.33 bits per heavy atom. The summed E-state index contributed by atoms with van der Waals surface area (Å²) in [6, 6.07) is 8.48. The van der Waals surface area contributed by atoms with Gasteiger partial charge in [-0.15, -0.1) is 0 Å². The van der Waals surface area contributed by atoms with Crippen LogP contribution in [0.5, 0.6) is 0 Å². The van der Waals surface area contributed by atoms with Gasteiger partial charge in [0.1, 0.15) is 0 Å². The van der Waals surface area contributed by atoms with Crippen molar-refractivity contribution in [2.24, 2.45) is 0 Å². The summed E-state index contributed by atoms with van der Waals surface area (Å²) in [5.74, 6) is -1.66. The van der Waals surface area contributed by atoms with Gasteiger partial charge in [-0.05, 0) is 48.6 Å². The number of hydrogen-bond donors (Lipinski definition) is 3. The molecule has 9 heteroatoms. The molecule has 0 saturated heterocycles. The highest BCUT2D eigenvalue weighted by Crippen LogP contribution is 2.23. The molecule has 1 amide bonds. The fourth-order valence-corrected chi connectivity index (χ4v) is 2.61. The molecule has 0 aliphatic rings. The number of benzene rings is 2. The molecule has 0 unspecified atom stereocenters. The summed E-state index contributed by atoms with van der Waals surface area (Å²) in [6.45, 7) is 0. The van der Waals surface area contributed by atoms with Crippen LogP contribution in [0.1, 0.15) is 20.7 Å². The predicted molar refractivity (Wildman–Crippen MR) is 98.6 cm³/mol. The Kier molecular flexibility index (Phi) is 6.01. The van der Waals surface area contributed by atoms with Crippen molar-refractivity contribution in [3.63, 3.8) is 0 Å². The van der Waals surface area contributed by atoms with Gasteiger partial charge in [0.15, 0.2) is 5.11 Å². The maximum atomic E-state index is 12.1. The Morgan fingerprint density at radius 1 is 1.00 bits per heavy atom. The van der Waals surface area contributed by atoms with Crippen LogP contribution in [0.15, 0.2) is 36.4 Å². The zero-order chi connectivity index (χ0) is 17.9. The quantitative estimate of drug-likeness (QED) is 0.659. The SMILES string of the molecule is O=C(O)c1ccc(Cl)c(NC(=S)NC(=O)c2ccc(Cl)cc2Cl)c1. The number of carbonyl (C=O) groups excluding carboxylic acids is 1. The summed E-state index contributed by atoms with van der Waals surface area (Å²) in [6.07, 6.45) is 0. The second-order valence-electron chi connectivity index (χ2n) is 4.53. The highest BCUT2D eigenvalue weighted by molar-refractivity contribution is 7.80. The standard InChI is InChI=1S/C15H9Cl3N2O3S/c16-8-2-3-9(11(18)6-8)13(21)20-15(24)19-12-5-7(14(22)23)1-4-10(12)17/h1-6H,(H,22,23)(H2,19,20,21,24). The average molecular weight is 404 g/mol. The van der Waals surface area contributed by atoms with Gasteiger partial charge >= 0.3 is 5.97 Å². The topological polar surface area (TPSA) is 78.4 Å². The molecule has 0 bridgehead atoms. The number of carboxylic acid groups (broad SMARTS) is 1. The predicted octanol–water partition coefficient (Wildman–Crippen LogP) is 4.47. The molecule has 0 spiro atoms. The lowest BCUT2D eigenvalue weighted by Crippen LogP contribution is -2.34. The first-order chi connectivity index (χ1) is 11.3. The molecular weight excluding hydrogens is 395 g/mol. The molecule has 0 aliphatic carbocycles. The summed E-state index contributed by atoms with van der Waals surface area (Å²) < 4.78 is 0. The van der Waals surface area contributed by atoms with Crippen LogP contribution in [0.25, 0.3) is 0 Å². The number of aromatic carboxylic acids is 1. The molecule has 24 heavy (non-hydrogen) atoms. The monoisotopic (exact) mass is 402 g/mol. The molecule has 2 aromatic carbocycles. The van der Waals surface area contributed by atoms with E-state index in [2.05, 4.69) is 10.6 Å². The Balaban J connectivity index is 2.12. The van der Waals surface area contributed by atoms with Crippen molar-refractivity contribution in [3.8, 4) is 0 Å². The number of carbonyl (C=O) groups is 2. The highest BCUT2D eigenvalue weighted by atomic mass is 35.5. The van der Waals surface area contributed by atoms with E-state index in [1.54, 1.807) is 0 Å². The maximum absolute atomic E-state index is 12.1. The fourth-order valence-electron chi connectivity index (χ4n) is 1.75. The van der Waals surface area contributed by atoms with Crippen LogP contribution in [0, 0.1) is 0 Å². The summed E-state index contributed by atoms with van der Waals surface area (Å²) in [5, 5.41) is 14.8. The van der Waals surface area contributed by atoms with Crippen molar-refractivity contribution in [2.45, 2.75) is 0 Å². The lowest BCUT2D eigenvalue weighted by Gasteiger charge is -2.12. The highest BCUT2D eigenvalue weighted by Gasteiger charge is 2.14. The summed E-state index contributed by atoms with van der Waals surface area (Å²) >= 11 is 22.7. The molecule has 124 valence electrons. The first-order valence-electron chi connectivity index (χ1n) is 6.38. The third kappa shape index (κ3) is 4.58.